The van der Waals surface area contributed by atoms with Gasteiger partial charge in [0.2, 0.25) is 0 Å². The summed E-state index contributed by atoms with van der Waals surface area (Å²) in [5.74, 6) is 6.06. The number of fused-ring (bicyclic) bond motifs is 2. The minimum absolute atomic E-state index is 0.875. The van der Waals surface area contributed by atoms with Gasteiger partial charge in [0.1, 0.15) is 5.75 Å². The van der Waals surface area contributed by atoms with Crippen LogP contribution in [0.3, 0.4) is 0 Å². The van der Waals surface area contributed by atoms with Gasteiger partial charge >= 0.3 is 0 Å². The Kier molecular flexibility index (Phi) is 8.56. The zero-order valence-electron chi connectivity index (χ0n) is 20.1. The Morgan fingerprint density at radius 1 is 0.903 bits per heavy atom. The van der Waals surface area contributed by atoms with Crippen molar-refractivity contribution in [2.75, 3.05) is 6.61 Å². The van der Waals surface area contributed by atoms with Crippen molar-refractivity contribution >= 4 is 0 Å². The molecule has 2 fully saturated rings. The highest BCUT2D eigenvalue weighted by Crippen LogP contribution is 2.49. The summed E-state index contributed by atoms with van der Waals surface area (Å²) in [6.07, 6.45) is 22.8. The van der Waals surface area contributed by atoms with Gasteiger partial charge in [-0.25, -0.2) is 0 Å². The third-order valence-corrected chi connectivity index (χ3v) is 8.92. The third-order valence-electron chi connectivity index (χ3n) is 8.92. The first-order chi connectivity index (χ1) is 15.3. The molecule has 3 aliphatic carbocycles. The van der Waals surface area contributed by atoms with Crippen LogP contribution in [-0.4, -0.2) is 6.61 Å². The van der Waals surface area contributed by atoms with Gasteiger partial charge in [-0.3, -0.25) is 0 Å². The van der Waals surface area contributed by atoms with Crippen LogP contribution in [0.25, 0.3) is 0 Å². The minimum atomic E-state index is 0.875. The third kappa shape index (κ3) is 6.17. The molecule has 1 nitrogen and oxygen atoms in total. The van der Waals surface area contributed by atoms with Crippen LogP contribution in [0, 0.1) is 29.6 Å². The van der Waals surface area contributed by atoms with Crippen LogP contribution in [0.2, 0.25) is 0 Å². The topological polar surface area (TPSA) is 9.23 Å². The average molecular weight is 423 g/mol. The van der Waals surface area contributed by atoms with Crippen LogP contribution in [-0.2, 0) is 12.8 Å². The molecule has 0 saturated heterocycles. The summed E-state index contributed by atoms with van der Waals surface area (Å²) in [4.78, 5) is 0. The molecule has 2 saturated carbocycles. The van der Waals surface area contributed by atoms with Gasteiger partial charge in [0, 0.05) is 0 Å². The predicted molar refractivity (Wildman–Crippen MR) is 133 cm³/mol. The van der Waals surface area contributed by atoms with E-state index in [-0.39, 0.29) is 0 Å². The standard InChI is InChI=1S/C30H46O/c1-3-5-7-8-18-31-30-17-16-28-21-27(14-15-29(28)22-30)26-13-12-24-19-23(9-6-4-2)10-11-25(24)20-26/h4,16-17,22-27H,2-3,5-15,18-21H2,1H3. The Balaban J connectivity index is 1.25. The summed E-state index contributed by atoms with van der Waals surface area (Å²) in [6, 6.07) is 6.98. The number of allylic oxidation sites excluding steroid dienone is 1. The van der Waals surface area contributed by atoms with Crippen LogP contribution in [0.4, 0.5) is 0 Å². The van der Waals surface area contributed by atoms with E-state index < -0.39 is 0 Å². The van der Waals surface area contributed by atoms with Crippen molar-refractivity contribution < 1.29 is 4.74 Å². The fraction of sp³-hybridized carbons (Fsp3) is 0.733. The van der Waals surface area contributed by atoms with Crippen molar-refractivity contribution in [1.29, 1.82) is 0 Å². The number of aryl methyl sites for hydroxylation is 1. The molecule has 0 amide bonds. The van der Waals surface area contributed by atoms with E-state index >= 15 is 0 Å². The highest BCUT2D eigenvalue weighted by molar-refractivity contribution is 5.37. The molecule has 0 heterocycles. The molecule has 0 bridgehead atoms. The summed E-state index contributed by atoms with van der Waals surface area (Å²) in [5.41, 5.74) is 3.18. The van der Waals surface area contributed by atoms with Crippen molar-refractivity contribution in [2.24, 2.45) is 29.6 Å². The average Bonchev–Trinajstić information content (AvgIpc) is 2.81. The first-order valence-electron chi connectivity index (χ1n) is 13.6. The number of hydrogen-bond donors (Lipinski definition) is 0. The van der Waals surface area contributed by atoms with Crippen molar-refractivity contribution in [2.45, 2.75) is 103 Å². The highest BCUT2D eigenvalue weighted by Gasteiger charge is 2.38. The van der Waals surface area contributed by atoms with E-state index in [0.717, 1.165) is 41.9 Å². The second-order valence-electron chi connectivity index (χ2n) is 11.0. The molecule has 5 atom stereocenters. The molecule has 0 spiro atoms. The van der Waals surface area contributed by atoms with E-state index in [1.807, 2.05) is 0 Å². The lowest BCUT2D eigenvalue weighted by atomic mass is 9.61. The summed E-state index contributed by atoms with van der Waals surface area (Å²) < 4.78 is 6.05. The number of unbranched alkanes of at least 4 members (excludes halogenated alkanes) is 3. The summed E-state index contributed by atoms with van der Waals surface area (Å²) in [6.45, 7) is 7.06. The smallest absolute Gasteiger partial charge is 0.119 e. The van der Waals surface area contributed by atoms with Gasteiger partial charge in [-0.05, 0) is 123 Å². The molecule has 3 aliphatic rings. The van der Waals surface area contributed by atoms with Gasteiger partial charge in [-0.15, -0.1) is 6.58 Å². The van der Waals surface area contributed by atoms with Gasteiger partial charge in [-0.2, -0.15) is 0 Å². The quantitative estimate of drug-likeness (QED) is 0.271. The molecular weight excluding hydrogens is 376 g/mol. The number of rotatable bonds is 10. The van der Waals surface area contributed by atoms with Crippen LogP contribution >= 0.6 is 0 Å². The fourth-order valence-corrected chi connectivity index (χ4v) is 7.04. The largest absolute Gasteiger partial charge is 0.494 e. The lowest BCUT2D eigenvalue weighted by Crippen LogP contribution is -2.35. The molecule has 1 heteroatoms. The molecule has 0 aliphatic heterocycles. The molecule has 0 aromatic heterocycles. The predicted octanol–water partition coefficient (Wildman–Crippen LogP) is 8.55. The maximum Gasteiger partial charge on any atom is 0.119 e. The number of hydrogen-bond acceptors (Lipinski definition) is 1. The van der Waals surface area contributed by atoms with Crippen molar-refractivity contribution in [3.8, 4) is 5.75 Å². The Labute approximate surface area is 192 Å². The molecule has 0 radical (unpaired) electrons. The zero-order chi connectivity index (χ0) is 21.5. The number of benzene rings is 1. The maximum atomic E-state index is 6.05. The molecule has 1 aromatic rings. The molecular formula is C30H46O. The lowest BCUT2D eigenvalue weighted by molar-refractivity contribution is 0.0699. The second kappa shape index (κ2) is 11.6. The van der Waals surface area contributed by atoms with Crippen molar-refractivity contribution in [3.05, 3.63) is 42.0 Å². The van der Waals surface area contributed by atoms with Crippen LogP contribution in [0.15, 0.2) is 30.9 Å². The van der Waals surface area contributed by atoms with Crippen LogP contribution in [0.5, 0.6) is 5.75 Å². The molecule has 31 heavy (non-hydrogen) atoms. The van der Waals surface area contributed by atoms with E-state index in [1.165, 1.54) is 96.3 Å². The van der Waals surface area contributed by atoms with E-state index in [1.54, 1.807) is 11.1 Å². The van der Waals surface area contributed by atoms with Crippen molar-refractivity contribution in [3.63, 3.8) is 0 Å². The van der Waals surface area contributed by atoms with Gasteiger partial charge in [-0.1, -0.05) is 44.7 Å². The first kappa shape index (κ1) is 22.9. The second-order valence-corrected chi connectivity index (χ2v) is 11.0. The Hall–Kier alpha value is -1.24. The van der Waals surface area contributed by atoms with Crippen LogP contribution < -0.4 is 4.74 Å². The van der Waals surface area contributed by atoms with E-state index in [0.29, 0.717) is 0 Å². The molecule has 1 aromatic carbocycles. The van der Waals surface area contributed by atoms with E-state index in [4.69, 9.17) is 4.74 Å². The Bertz CT molecular complexity index is 692. The lowest BCUT2D eigenvalue weighted by Gasteiger charge is -2.45. The molecule has 4 rings (SSSR count). The zero-order valence-corrected chi connectivity index (χ0v) is 20.1. The van der Waals surface area contributed by atoms with E-state index in [9.17, 15) is 0 Å². The fourth-order valence-electron chi connectivity index (χ4n) is 7.04. The Morgan fingerprint density at radius 3 is 2.55 bits per heavy atom. The summed E-state index contributed by atoms with van der Waals surface area (Å²) in [5, 5.41) is 0. The summed E-state index contributed by atoms with van der Waals surface area (Å²) in [7, 11) is 0. The monoisotopic (exact) mass is 422 g/mol. The Morgan fingerprint density at radius 2 is 1.71 bits per heavy atom. The molecule has 172 valence electrons. The number of ether oxygens (including phenoxy) is 1. The van der Waals surface area contributed by atoms with Gasteiger partial charge in [0.05, 0.1) is 6.61 Å². The summed E-state index contributed by atoms with van der Waals surface area (Å²) >= 11 is 0. The minimum Gasteiger partial charge on any atom is -0.494 e. The van der Waals surface area contributed by atoms with Crippen molar-refractivity contribution in [1.82, 2.24) is 0 Å². The highest BCUT2D eigenvalue weighted by atomic mass is 16.5. The van der Waals surface area contributed by atoms with Gasteiger partial charge < -0.3 is 4.74 Å². The maximum absolute atomic E-state index is 6.05. The first-order valence-corrected chi connectivity index (χ1v) is 13.6. The normalized spacial score (nSPS) is 30.3. The SMILES string of the molecule is C=CCCC1CCC2CC(C3CCc4cc(OCCCCCC)ccc4C3)CCC2C1. The molecule has 5 unspecified atom stereocenters. The van der Waals surface area contributed by atoms with Gasteiger partial charge in [0.15, 0.2) is 0 Å². The molecule has 0 N–H and O–H groups in total. The van der Waals surface area contributed by atoms with Crippen LogP contribution in [0.1, 0.15) is 102 Å². The van der Waals surface area contributed by atoms with E-state index in [2.05, 4.69) is 37.8 Å². The van der Waals surface area contributed by atoms with Gasteiger partial charge in [0.25, 0.3) is 0 Å².